The van der Waals surface area contributed by atoms with Crippen molar-refractivity contribution in [2.45, 2.75) is 0 Å². The molecule has 22 heavy (non-hydrogen) atoms. The summed E-state index contributed by atoms with van der Waals surface area (Å²) in [7, 11) is 0. The number of aromatic nitrogens is 1. The minimum atomic E-state index is -0.355. The molecule has 3 aromatic carbocycles. The highest BCUT2D eigenvalue weighted by Crippen LogP contribution is 2.24. The number of fused-ring (bicyclic) bond motifs is 2. The lowest BCUT2D eigenvalue weighted by Crippen LogP contribution is -2.10. The summed E-state index contributed by atoms with van der Waals surface area (Å²) in [5.74, 6) is -0.355. The van der Waals surface area contributed by atoms with Crippen LogP contribution in [-0.2, 0) is 0 Å². The molecule has 0 bridgehead atoms. The molecule has 0 aliphatic rings. The van der Waals surface area contributed by atoms with Gasteiger partial charge in [-0.2, -0.15) is 0 Å². The van der Waals surface area contributed by atoms with Crippen LogP contribution in [0.4, 0.5) is 4.39 Å². The fourth-order valence-corrected chi connectivity index (χ4v) is 2.87. The Kier molecular flexibility index (Phi) is 2.79. The molecule has 0 atom stereocenters. The van der Waals surface area contributed by atoms with Crippen molar-refractivity contribution in [3.8, 4) is 5.69 Å². The van der Waals surface area contributed by atoms with Gasteiger partial charge in [-0.3, -0.25) is 4.79 Å². The van der Waals surface area contributed by atoms with Crippen LogP contribution in [0, 0.1) is 5.82 Å². The second kappa shape index (κ2) is 4.81. The largest absolute Gasteiger partial charge is 0.309 e. The van der Waals surface area contributed by atoms with E-state index in [1.54, 1.807) is 12.1 Å². The van der Waals surface area contributed by atoms with E-state index in [0.717, 1.165) is 11.2 Å². The molecule has 0 saturated heterocycles. The summed E-state index contributed by atoms with van der Waals surface area (Å²) in [6.07, 6.45) is 0. The van der Waals surface area contributed by atoms with Crippen molar-refractivity contribution in [1.82, 2.24) is 4.57 Å². The van der Waals surface area contributed by atoms with Crippen LogP contribution in [0.1, 0.15) is 0 Å². The molecule has 106 valence electrons. The summed E-state index contributed by atoms with van der Waals surface area (Å²) in [5, 5.41) is 1.15. The lowest BCUT2D eigenvalue weighted by molar-refractivity contribution is 0.629. The second-order valence-corrected chi connectivity index (χ2v) is 5.18. The molecule has 1 aromatic heterocycles. The maximum absolute atomic E-state index is 13.7. The van der Waals surface area contributed by atoms with Crippen LogP contribution in [0.3, 0.4) is 0 Å². The average molecular weight is 289 g/mol. The molecule has 0 aliphatic heterocycles. The quantitative estimate of drug-likeness (QED) is 0.479. The first kappa shape index (κ1) is 12.8. The zero-order chi connectivity index (χ0) is 15.1. The number of hydrogen-bond acceptors (Lipinski definition) is 1. The van der Waals surface area contributed by atoms with Gasteiger partial charge in [0, 0.05) is 16.5 Å². The highest BCUT2D eigenvalue weighted by molar-refractivity contribution is 5.95. The third-order valence-electron chi connectivity index (χ3n) is 3.85. The Morgan fingerprint density at radius 3 is 2.23 bits per heavy atom. The number of nitrogens with zero attached hydrogens (tertiary/aromatic N) is 1. The van der Waals surface area contributed by atoms with Crippen LogP contribution in [0.15, 0.2) is 77.6 Å². The molecular weight excluding hydrogens is 277 g/mol. The van der Waals surface area contributed by atoms with E-state index < -0.39 is 0 Å². The average Bonchev–Trinajstić information content (AvgIpc) is 2.56. The van der Waals surface area contributed by atoms with Gasteiger partial charge in [-0.1, -0.05) is 30.3 Å². The van der Waals surface area contributed by atoms with Crippen molar-refractivity contribution in [2.75, 3.05) is 0 Å². The van der Waals surface area contributed by atoms with Gasteiger partial charge in [0.1, 0.15) is 5.82 Å². The van der Waals surface area contributed by atoms with Crippen molar-refractivity contribution < 1.29 is 4.39 Å². The van der Waals surface area contributed by atoms with E-state index in [2.05, 4.69) is 0 Å². The zero-order valence-electron chi connectivity index (χ0n) is 11.7. The van der Waals surface area contributed by atoms with E-state index in [0.29, 0.717) is 16.3 Å². The van der Waals surface area contributed by atoms with E-state index in [4.69, 9.17) is 0 Å². The summed E-state index contributed by atoms with van der Waals surface area (Å²) in [6, 6.07) is 21.4. The fraction of sp³-hybridized carbons (Fsp3) is 0. The molecule has 0 fully saturated rings. The van der Waals surface area contributed by atoms with Crippen molar-refractivity contribution >= 4 is 21.8 Å². The van der Waals surface area contributed by atoms with Gasteiger partial charge in [0.25, 0.3) is 0 Å². The molecule has 0 spiro atoms. The molecule has 1 heterocycles. The van der Waals surface area contributed by atoms with Gasteiger partial charge in [-0.25, -0.2) is 4.39 Å². The number of rotatable bonds is 1. The van der Waals surface area contributed by atoms with Crippen LogP contribution >= 0.6 is 0 Å². The highest BCUT2D eigenvalue weighted by Gasteiger charge is 2.12. The molecule has 2 nitrogen and oxygen atoms in total. The summed E-state index contributed by atoms with van der Waals surface area (Å²) in [5.41, 5.74) is 2.18. The van der Waals surface area contributed by atoms with Gasteiger partial charge in [0.15, 0.2) is 5.43 Å². The first-order chi connectivity index (χ1) is 10.8. The minimum Gasteiger partial charge on any atom is -0.309 e. The molecule has 0 radical (unpaired) electrons. The molecule has 4 rings (SSSR count). The van der Waals surface area contributed by atoms with Crippen molar-refractivity contribution in [3.05, 3.63) is 88.8 Å². The summed E-state index contributed by atoms with van der Waals surface area (Å²) < 4.78 is 15.7. The van der Waals surface area contributed by atoms with E-state index in [1.807, 2.05) is 53.1 Å². The molecule has 0 amide bonds. The Bertz CT molecular complexity index is 1050. The Morgan fingerprint density at radius 2 is 1.41 bits per heavy atom. The first-order valence-corrected chi connectivity index (χ1v) is 7.04. The van der Waals surface area contributed by atoms with E-state index in [1.165, 1.54) is 12.1 Å². The lowest BCUT2D eigenvalue weighted by Gasteiger charge is -2.15. The maximum Gasteiger partial charge on any atom is 0.197 e. The maximum atomic E-state index is 13.7. The van der Waals surface area contributed by atoms with Crippen LogP contribution in [0.5, 0.6) is 0 Å². The predicted molar refractivity (Wildman–Crippen MR) is 87.0 cm³/mol. The van der Waals surface area contributed by atoms with Crippen molar-refractivity contribution in [1.29, 1.82) is 0 Å². The predicted octanol–water partition coefficient (Wildman–Crippen LogP) is 4.28. The van der Waals surface area contributed by atoms with Crippen LogP contribution in [0.25, 0.3) is 27.5 Å². The normalized spacial score (nSPS) is 11.1. The highest BCUT2D eigenvalue weighted by atomic mass is 19.1. The Labute approximate surface area is 126 Å². The van der Waals surface area contributed by atoms with Gasteiger partial charge in [0.05, 0.1) is 11.0 Å². The fourth-order valence-electron chi connectivity index (χ4n) is 2.87. The third kappa shape index (κ3) is 1.83. The topological polar surface area (TPSA) is 22.0 Å². The zero-order valence-corrected chi connectivity index (χ0v) is 11.7. The van der Waals surface area contributed by atoms with Gasteiger partial charge < -0.3 is 4.57 Å². The van der Waals surface area contributed by atoms with Crippen LogP contribution < -0.4 is 5.43 Å². The third-order valence-corrected chi connectivity index (χ3v) is 3.85. The van der Waals surface area contributed by atoms with Crippen molar-refractivity contribution in [2.24, 2.45) is 0 Å². The minimum absolute atomic E-state index is 0.0715. The number of benzene rings is 3. The van der Waals surface area contributed by atoms with E-state index in [9.17, 15) is 9.18 Å². The van der Waals surface area contributed by atoms with Crippen LogP contribution in [0.2, 0.25) is 0 Å². The number of hydrogen-bond donors (Lipinski definition) is 0. The monoisotopic (exact) mass is 289 g/mol. The van der Waals surface area contributed by atoms with E-state index in [-0.39, 0.29) is 11.2 Å². The lowest BCUT2D eigenvalue weighted by atomic mass is 10.1. The van der Waals surface area contributed by atoms with Gasteiger partial charge >= 0.3 is 0 Å². The van der Waals surface area contributed by atoms with Crippen LogP contribution in [-0.4, -0.2) is 4.57 Å². The number of para-hydroxylation sites is 2. The van der Waals surface area contributed by atoms with Gasteiger partial charge in [0.2, 0.25) is 0 Å². The number of pyridine rings is 1. The molecule has 3 heteroatoms. The van der Waals surface area contributed by atoms with Crippen molar-refractivity contribution in [3.63, 3.8) is 0 Å². The molecular formula is C19H12FNO. The summed E-state index contributed by atoms with van der Waals surface area (Å²) in [4.78, 5) is 12.6. The number of halogens is 1. The molecule has 0 N–H and O–H groups in total. The molecule has 0 aliphatic carbocycles. The second-order valence-electron chi connectivity index (χ2n) is 5.18. The van der Waals surface area contributed by atoms with Gasteiger partial charge in [-0.15, -0.1) is 0 Å². The summed E-state index contributed by atoms with van der Waals surface area (Å²) in [6.45, 7) is 0. The molecule has 0 saturated carbocycles. The standard InChI is InChI=1S/C19H12FNO/c20-13-10-11-16-18(12-13)21(14-6-2-1-3-7-14)17-9-5-4-8-15(17)19(16)22/h1-12H. The van der Waals surface area contributed by atoms with Gasteiger partial charge in [-0.05, 0) is 42.5 Å². The molecule has 4 aromatic rings. The Balaban J connectivity index is 2.31. The SMILES string of the molecule is O=c1c2ccccc2n(-c2ccccc2)c2cc(F)ccc12. The molecule has 0 unspecified atom stereocenters. The van der Waals surface area contributed by atoms with E-state index >= 15 is 0 Å². The first-order valence-electron chi connectivity index (χ1n) is 7.04. The summed E-state index contributed by atoms with van der Waals surface area (Å²) >= 11 is 0. The Hall–Kier alpha value is -2.94. The smallest absolute Gasteiger partial charge is 0.197 e. The Morgan fingerprint density at radius 1 is 0.727 bits per heavy atom.